The normalized spacial score (nSPS) is 10.3. The lowest BCUT2D eigenvalue weighted by Gasteiger charge is -2.07. The molecule has 2 N–H and O–H groups in total. The summed E-state index contributed by atoms with van der Waals surface area (Å²) in [5, 5.41) is 7.63. The second-order valence-electron chi connectivity index (χ2n) is 5.55. The van der Waals surface area contributed by atoms with Crippen LogP contribution in [-0.2, 0) is 20.7 Å². The van der Waals surface area contributed by atoms with Gasteiger partial charge in [-0.3, -0.25) is 25.2 Å². The number of carbonyl (C=O) groups is 3. The molecule has 9 nitrogen and oxygen atoms in total. The third-order valence-corrected chi connectivity index (χ3v) is 4.19. The highest BCUT2D eigenvalue weighted by atomic mass is 32.1. The zero-order chi connectivity index (χ0) is 19.8. The minimum Gasteiger partial charge on any atom is -0.455 e. The minimum atomic E-state index is -0.657. The lowest BCUT2D eigenvalue weighted by molar-refractivity contribution is -0.148. The van der Waals surface area contributed by atoms with Crippen molar-refractivity contribution in [3.05, 3.63) is 58.6 Å². The van der Waals surface area contributed by atoms with Gasteiger partial charge in [0.05, 0.1) is 6.42 Å². The van der Waals surface area contributed by atoms with Crippen LogP contribution in [0.3, 0.4) is 0 Å². The van der Waals surface area contributed by atoms with Crippen LogP contribution in [0.15, 0.2) is 51.7 Å². The predicted molar refractivity (Wildman–Crippen MR) is 98.9 cm³/mol. The number of aryl methyl sites for hydroxylation is 1. The molecule has 0 bridgehead atoms. The molecule has 3 rings (SSSR count). The minimum absolute atomic E-state index is 0.0189. The summed E-state index contributed by atoms with van der Waals surface area (Å²) >= 11 is 1.52. The lowest BCUT2D eigenvalue weighted by Crippen LogP contribution is -2.43. The molecular formula is C18H16N4O5S. The molecule has 0 aliphatic heterocycles. The molecule has 10 heteroatoms. The van der Waals surface area contributed by atoms with Crippen LogP contribution in [-0.4, -0.2) is 34.5 Å². The highest BCUT2D eigenvalue weighted by molar-refractivity contribution is 7.08. The summed E-state index contributed by atoms with van der Waals surface area (Å²) in [5.41, 5.74) is 5.64. The van der Waals surface area contributed by atoms with E-state index < -0.39 is 24.4 Å². The summed E-state index contributed by atoms with van der Waals surface area (Å²) < 4.78 is 9.93. The Morgan fingerprint density at radius 2 is 1.93 bits per heavy atom. The lowest BCUT2D eigenvalue weighted by atomic mass is 10.2. The fourth-order valence-electron chi connectivity index (χ4n) is 2.12. The van der Waals surface area contributed by atoms with Crippen LogP contribution in [0, 0.1) is 0 Å². The van der Waals surface area contributed by atoms with E-state index in [4.69, 9.17) is 9.26 Å². The maximum atomic E-state index is 11.8. The molecule has 144 valence electrons. The van der Waals surface area contributed by atoms with Crippen LogP contribution in [0.1, 0.15) is 22.7 Å². The molecule has 0 radical (unpaired) electrons. The zero-order valence-corrected chi connectivity index (χ0v) is 15.4. The van der Waals surface area contributed by atoms with Crippen molar-refractivity contribution in [1.82, 2.24) is 21.0 Å². The number of nitrogens with zero attached hydrogens (tertiary/aromatic N) is 2. The van der Waals surface area contributed by atoms with E-state index in [1.807, 2.05) is 16.8 Å². The Morgan fingerprint density at radius 3 is 2.68 bits per heavy atom. The van der Waals surface area contributed by atoms with Crippen molar-refractivity contribution in [3.63, 3.8) is 0 Å². The number of rotatable bonds is 7. The molecule has 28 heavy (non-hydrogen) atoms. The number of benzene rings is 1. The van der Waals surface area contributed by atoms with Gasteiger partial charge in [-0.2, -0.15) is 16.3 Å². The summed E-state index contributed by atoms with van der Waals surface area (Å²) in [5.74, 6) is -0.969. The van der Waals surface area contributed by atoms with Gasteiger partial charge in [0.1, 0.15) is 0 Å². The molecule has 0 aliphatic carbocycles. The van der Waals surface area contributed by atoms with Gasteiger partial charge >= 0.3 is 5.97 Å². The Hall–Kier alpha value is -3.53. The number of nitrogens with one attached hydrogen (secondary N) is 2. The molecule has 2 heterocycles. The van der Waals surface area contributed by atoms with E-state index in [1.54, 1.807) is 30.3 Å². The van der Waals surface area contributed by atoms with Gasteiger partial charge in [0.15, 0.2) is 6.61 Å². The molecule has 0 spiro atoms. The first-order valence-electron chi connectivity index (χ1n) is 8.27. The Morgan fingerprint density at radius 1 is 1.11 bits per heavy atom. The third-order valence-electron chi connectivity index (χ3n) is 3.51. The molecule has 0 saturated heterocycles. The number of hydrazine groups is 1. The van der Waals surface area contributed by atoms with E-state index in [1.165, 1.54) is 11.3 Å². The van der Waals surface area contributed by atoms with Crippen LogP contribution in [0.4, 0.5) is 0 Å². The number of hydrogen-bond acceptors (Lipinski definition) is 8. The van der Waals surface area contributed by atoms with Gasteiger partial charge in [0.2, 0.25) is 11.7 Å². The van der Waals surface area contributed by atoms with Crippen LogP contribution >= 0.6 is 11.3 Å². The molecule has 0 unspecified atom stereocenters. The predicted octanol–water partition coefficient (Wildman–Crippen LogP) is 1.74. The van der Waals surface area contributed by atoms with E-state index in [2.05, 4.69) is 21.0 Å². The largest absolute Gasteiger partial charge is 0.455 e. The Labute approximate surface area is 163 Å². The van der Waals surface area contributed by atoms with E-state index in [0.717, 1.165) is 5.56 Å². The van der Waals surface area contributed by atoms with E-state index >= 15 is 0 Å². The maximum Gasteiger partial charge on any atom is 0.306 e. The van der Waals surface area contributed by atoms with Crippen LogP contribution in [0.2, 0.25) is 0 Å². The van der Waals surface area contributed by atoms with Crippen LogP contribution in [0.25, 0.3) is 11.4 Å². The molecular weight excluding hydrogens is 384 g/mol. The van der Waals surface area contributed by atoms with Crippen molar-refractivity contribution in [2.45, 2.75) is 12.8 Å². The van der Waals surface area contributed by atoms with Crippen molar-refractivity contribution in [1.29, 1.82) is 0 Å². The average Bonchev–Trinajstić information content (AvgIpc) is 3.41. The highest BCUT2D eigenvalue weighted by Crippen LogP contribution is 2.18. The molecule has 3 aromatic rings. The molecule has 0 fully saturated rings. The second-order valence-corrected chi connectivity index (χ2v) is 6.33. The van der Waals surface area contributed by atoms with Gasteiger partial charge in [-0.05, 0) is 23.6 Å². The van der Waals surface area contributed by atoms with Crippen molar-refractivity contribution in [2.75, 3.05) is 6.61 Å². The van der Waals surface area contributed by atoms with Gasteiger partial charge in [-0.1, -0.05) is 23.4 Å². The highest BCUT2D eigenvalue weighted by Gasteiger charge is 2.13. The quantitative estimate of drug-likeness (QED) is 0.457. The van der Waals surface area contributed by atoms with Gasteiger partial charge < -0.3 is 9.26 Å². The Bertz CT molecular complexity index is 940. The van der Waals surface area contributed by atoms with Crippen molar-refractivity contribution in [3.8, 4) is 11.4 Å². The molecule has 1 aromatic carbocycles. The van der Waals surface area contributed by atoms with Crippen LogP contribution < -0.4 is 10.9 Å². The SMILES string of the molecule is O=C(COC(=O)CCc1nc(-c2ccsc2)no1)NNC(=O)c1ccccc1. The number of hydrogen-bond donors (Lipinski definition) is 2. The first-order chi connectivity index (χ1) is 13.6. The first kappa shape index (κ1) is 19.2. The number of aromatic nitrogens is 2. The number of carbonyl (C=O) groups excluding carboxylic acids is 3. The third kappa shape index (κ3) is 5.48. The smallest absolute Gasteiger partial charge is 0.306 e. The standard InChI is InChI=1S/C18H16N4O5S/c23-14(20-21-18(25)12-4-2-1-3-5-12)10-26-16(24)7-6-15-19-17(22-27-15)13-8-9-28-11-13/h1-5,8-9,11H,6-7,10H2,(H,20,23)(H,21,25). The monoisotopic (exact) mass is 400 g/mol. The average molecular weight is 400 g/mol. The summed E-state index contributed by atoms with van der Waals surface area (Å²) in [6, 6.07) is 10.2. The Balaban J connectivity index is 1.35. The van der Waals surface area contributed by atoms with Crippen molar-refractivity contribution in [2.24, 2.45) is 0 Å². The summed E-state index contributed by atoms with van der Waals surface area (Å²) in [7, 11) is 0. The second kappa shape index (κ2) is 9.42. The zero-order valence-electron chi connectivity index (χ0n) is 14.6. The molecule has 0 aliphatic rings. The Kier molecular flexibility index (Phi) is 6.47. The summed E-state index contributed by atoms with van der Waals surface area (Å²) in [6.45, 7) is -0.516. The van der Waals surface area contributed by atoms with Crippen LogP contribution in [0.5, 0.6) is 0 Å². The van der Waals surface area contributed by atoms with Gasteiger partial charge in [-0.25, -0.2) is 0 Å². The molecule has 2 aromatic heterocycles. The molecule has 0 atom stereocenters. The van der Waals surface area contributed by atoms with Gasteiger partial charge in [-0.15, -0.1) is 0 Å². The molecule has 2 amide bonds. The number of ether oxygens (including phenoxy) is 1. The summed E-state index contributed by atoms with van der Waals surface area (Å²) in [6.07, 6.45) is 0.178. The first-order valence-corrected chi connectivity index (χ1v) is 9.21. The number of amides is 2. The van der Waals surface area contributed by atoms with Crippen molar-refractivity contribution < 1.29 is 23.6 Å². The maximum absolute atomic E-state index is 11.8. The number of thiophene rings is 1. The van der Waals surface area contributed by atoms with E-state index in [-0.39, 0.29) is 12.8 Å². The van der Waals surface area contributed by atoms with Gasteiger partial charge in [0, 0.05) is 22.9 Å². The topological polar surface area (TPSA) is 123 Å². The van der Waals surface area contributed by atoms with Gasteiger partial charge in [0.25, 0.3) is 11.8 Å². The fourth-order valence-corrected chi connectivity index (χ4v) is 2.75. The number of esters is 1. The van der Waals surface area contributed by atoms with E-state index in [9.17, 15) is 14.4 Å². The fraction of sp³-hybridized carbons (Fsp3) is 0.167. The molecule has 0 saturated carbocycles. The summed E-state index contributed by atoms with van der Waals surface area (Å²) in [4.78, 5) is 39.4. The van der Waals surface area contributed by atoms with E-state index in [0.29, 0.717) is 17.3 Å². The van der Waals surface area contributed by atoms with Crippen molar-refractivity contribution >= 4 is 29.1 Å².